The van der Waals surface area contributed by atoms with E-state index in [0.29, 0.717) is 0 Å². The van der Waals surface area contributed by atoms with Crippen molar-refractivity contribution in [1.29, 1.82) is 0 Å². The van der Waals surface area contributed by atoms with E-state index in [4.69, 9.17) is 23.8 Å². The van der Waals surface area contributed by atoms with Crippen LogP contribution in [0.4, 0.5) is 0 Å². The highest BCUT2D eigenvalue weighted by molar-refractivity contribution is 8.13. The molecular weight excluding hydrogens is 525 g/mol. The second-order valence-corrected chi connectivity index (χ2v) is 11.4. The molecule has 0 aliphatic carbocycles. The molecule has 1 aliphatic heterocycles. The van der Waals surface area contributed by atoms with E-state index in [1.165, 1.54) is 31.5 Å². The zero-order valence-electron chi connectivity index (χ0n) is 19.3. The number of H-pyrrole nitrogens is 1. The first kappa shape index (κ1) is 29.3. The molecule has 14 nitrogen and oxygen atoms in total. The van der Waals surface area contributed by atoms with E-state index in [1.54, 1.807) is 0 Å². The minimum Gasteiger partial charge on any atom is -0.352 e. The standard InChI is InChI=1S/C18H26N5O9PS2/c1-11-9-23(18(27)20-17(11)26)16-8-14(21-22-19)15(32-16)10-31-33(28,29-4-6-34-12(2)24)30-5-7-35-13(3)25/h9,14-16H,4-8,10H2,1-3H3,(H,20,26,27)/t14-,15+,16+/m0/s1. The molecule has 0 spiro atoms. The van der Waals surface area contributed by atoms with Crippen LogP contribution in [0.5, 0.6) is 0 Å². The molecule has 0 saturated carbocycles. The second kappa shape index (κ2) is 14.0. The van der Waals surface area contributed by atoms with Crippen LogP contribution in [0.1, 0.15) is 32.1 Å². The van der Waals surface area contributed by atoms with E-state index < -0.39 is 37.4 Å². The van der Waals surface area contributed by atoms with Crippen molar-refractivity contribution in [2.24, 2.45) is 5.11 Å². The predicted molar refractivity (Wildman–Crippen MR) is 129 cm³/mol. The van der Waals surface area contributed by atoms with E-state index in [-0.39, 0.29) is 53.5 Å². The van der Waals surface area contributed by atoms with Gasteiger partial charge in [0.1, 0.15) is 6.23 Å². The molecular formula is C18H26N5O9PS2. The fourth-order valence-corrected chi connectivity index (χ4v) is 5.31. The summed E-state index contributed by atoms with van der Waals surface area (Å²) < 4.78 is 36.1. The number of ether oxygens (including phenoxy) is 1. The molecule has 0 radical (unpaired) electrons. The monoisotopic (exact) mass is 551 g/mol. The fraction of sp³-hybridized carbons (Fsp3) is 0.667. The maximum Gasteiger partial charge on any atom is 0.474 e. The number of aromatic nitrogens is 2. The zero-order chi connectivity index (χ0) is 26.0. The van der Waals surface area contributed by atoms with Crippen LogP contribution in [0.2, 0.25) is 0 Å². The van der Waals surface area contributed by atoms with Crippen molar-refractivity contribution in [2.75, 3.05) is 31.3 Å². The highest BCUT2D eigenvalue weighted by atomic mass is 32.2. The van der Waals surface area contributed by atoms with E-state index in [2.05, 4.69) is 15.0 Å². The highest BCUT2D eigenvalue weighted by Gasteiger charge is 2.39. The van der Waals surface area contributed by atoms with Gasteiger partial charge in [-0.25, -0.2) is 9.36 Å². The summed E-state index contributed by atoms with van der Waals surface area (Å²) >= 11 is 1.95. The number of phosphoric acid groups is 1. The Labute approximate surface area is 208 Å². The summed E-state index contributed by atoms with van der Waals surface area (Å²) in [4.78, 5) is 51.0. The van der Waals surface area contributed by atoms with Crippen molar-refractivity contribution in [3.8, 4) is 0 Å². The Balaban J connectivity index is 2.10. The van der Waals surface area contributed by atoms with Gasteiger partial charge in [-0.3, -0.25) is 37.5 Å². The van der Waals surface area contributed by atoms with E-state index >= 15 is 0 Å². The topological polar surface area (TPSA) is 192 Å². The first-order valence-corrected chi connectivity index (χ1v) is 13.8. The molecule has 0 aromatic carbocycles. The number of thioether (sulfide) groups is 2. The first-order valence-electron chi connectivity index (χ1n) is 10.4. The van der Waals surface area contributed by atoms with Crippen molar-refractivity contribution in [3.05, 3.63) is 43.0 Å². The number of hydrogen-bond donors (Lipinski definition) is 1. The second-order valence-electron chi connectivity index (χ2n) is 7.21. The molecule has 1 aromatic heterocycles. The lowest BCUT2D eigenvalue weighted by Crippen LogP contribution is -2.33. The average molecular weight is 552 g/mol. The summed E-state index contributed by atoms with van der Waals surface area (Å²) in [5.74, 6) is 0.429. The molecule has 1 aliphatic rings. The Morgan fingerprint density at radius 1 is 1.23 bits per heavy atom. The normalized spacial score (nSPS) is 19.9. The van der Waals surface area contributed by atoms with Crippen LogP contribution in [-0.4, -0.2) is 63.3 Å². The number of hydrogen-bond acceptors (Lipinski definition) is 12. The Kier molecular flexibility index (Phi) is 11.7. The van der Waals surface area contributed by atoms with Gasteiger partial charge in [0.2, 0.25) is 0 Å². The molecule has 35 heavy (non-hydrogen) atoms. The number of phosphoric ester groups is 1. The third-order valence-electron chi connectivity index (χ3n) is 4.53. The number of nitrogens with zero attached hydrogens (tertiary/aromatic N) is 4. The van der Waals surface area contributed by atoms with Crippen LogP contribution in [-0.2, 0) is 32.5 Å². The van der Waals surface area contributed by atoms with Gasteiger partial charge in [-0.15, -0.1) is 0 Å². The third-order valence-corrected chi connectivity index (χ3v) is 7.55. The van der Waals surface area contributed by atoms with Gasteiger partial charge in [0.05, 0.1) is 32.0 Å². The molecule has 1 saturated heterocycles. The number of nitrogens with one attached hydrogen (secondary N) is 1. The smallest absolute Gasteiger partial charge is 0.352 e. The van der Waals surface area contributed by atoms with Crippen LogP contribution in [0.15, 0.2) is 20.9 Å². The zero-order valence-corrected chi connectivity index (χ0v) is 21.8. The molecule has 0 amide bonds. The number of carbonyl (C=O) groups is 2. The van der Waals surface area contributed by atoms with Crippen molar-refractivity contribution in [2.45, 2.75) is 45.6 Å². The molecule has 0 bridgehead atoms. The van der Waals surface area contributed by atoms with E-state index in [0.717, 1.165) is 23.5 Å². The van der Waals surface area contributed by atoms with E-state index in [1.807, 2.05) is 0 Å². The SMILES string of the molecule is CC(=O)SCCOP(=O)(OCCSC(C)=O)OC[C@H]1O[C@@H](n2cc(C)c(=O)[nH]c2=O)C[C@@H]1N=[N+]=[N-]. The quantitative estimate of drug-likeness (QED) is 0.124. The van der Waals surface area contributed by atoms with Crippen LogP contribution >= 0.6 is 31.3 Å². The Morgan fingerprint density at radius 3 is 2.37 bits per heavy atom. The minimum absolute atomic E-state index is 0.0972. The fourth-order valence-electron chi connectivity index (χ4n) is 2.97. The molecule has 194 valence electrons. The summed E-state index contributed by atoms with van der Waals surface area (Å²) in [6.07, 6.45) is -0.352. The molecule has 1 fully saturated rings. The van der Waals surface area contributed by atoms with Gasteiger partial charge in [-0.05, 0) is 12.5 Å². The first-order chi connectivity index (χ1) is 16.5. The lowest BCUT2D eigenvalue weighted by atomic mass is 10.1. The molecule has 0 unspecified atom stereocenters. The van der Waals surface area contributed by atoms with Crippen LogP contribution < -0.4 is 11.2 Å². The van der Waals surface area contributed by atoms with Gasteiger partial charge >= 0.3 is 13.5 Å². The van der Waals surface area contributed by atoms with Crippen LogP contribution in [0.25, 0.3) is 10.4 Å². The predicted octanol–water partition coefficient (Wildman–Crippen LogP) is 2.53. The summed E-state index contributed by atoms with van der Waals surface area (Å²) in [7, 11) is -4.13. The summed E-state index contributed by atoms with van der Waals surface area (Å²) in [5, 5.41) is 3.40. The van der Waals surface area contributed by atoms with Gasteiger partial charge in [0, 0.05) is 48.4 Å². The molecule has 1 N–H and O–H groups in total. The number of carbonyl (C=O) groups excluding carboxylic acids is 2. The van der Waals surface area contributed by atoms with Crippen molar-refractivity contribution in [3.63, 3.8) is 0 Å². The van der Waals surface area contributed by atoms with Crippen molar-refractivity contribution >= 4 is 41.6 Å². The largest absolute Gasteiger partial charge is 0.474 e. The van der Waals surface area contributed by atoms with Crippen LogP contribution in [0, 0.1) is 6.92 Å². The summed E-state index contributed by atoms with van der Waals surface area (Å²) in [5.41, 5.74) is 7.98. The Bertz CT molecular complexity index is 1090. The lowest BCUT2D eigenvalue weighted by molar-refractivity contribution is -0.109. The molecule has 3 atom stereocenters. The van der Waals surface area contributed by atoms with Crippen LogP contribution in [0.3, 0.4) is 0 Å². The van der Waals surface area contributed by atoms with Gasteiger partial charge in [-0.1, -0.05) is 28.6 Å². The number of aromatic amines is 1. The minimum atomic E-state index is -4.13. The number of aryl methyl sites for hydroxylation is 1. The van der Waals surface area contributed by atoms with Crippen molar-refractivity contribution < 1.29 is 32.5 Å². The average Bonchev–Trinajstić information content (AvgIpc) is 3.18. The van der Waals surface area contributed by atoms with E-state index in [9.17, 15) is 23.7 Å². The van der Waals surface area contributed by atoms with Crippen molar-refractivity contribution in [1.82, 2.24) is 9.55 Å². The Morgan fingerprint density at radius 2 is 1.83 bits per heavy atom. The molecule has 2 heterocycles. The number of rotatable bonds is 13. The Hall–Kier alpha value is -1.90. The third kappa shape index (κ3) is 9.58. The molecule has 2 rings (SSSR count). The van der Waals surface area contributed by atoms with Gasteiger partial charge in [-0.2, -0.15) is 0 Å². The van der Waals surface area contributed by atoms with Gasteiger partial charge in [0.25, 0.3) is 5.56 Å². The van der Waals surface area contributed by atoms with Gasteiger partial charge < -0.3 is 4.74 Å². The molecule has 1 aromatic rings. The lowest BCUT2D eigenvalue weighted by Gasteiger charge is -2.21. The van der Waals surface area contributed by atoms with Gasteiger partial charge in [0.15, 0.2) is 10.2 Å². The maximum atomic E-state index is 13.1. The summed E-state index contributed by atoms with van der Waals surface area (Å²) in [6, 6.07) is -0.779. The highest BCUT2D eigenvalue weighted by Crippen LogP contribution is 2.50. The number of azide groups is 1. The maximum absolute atomic E-state index is 13.1. The summed E-state index contributed by atoms with van der Waals surface area (Å²) in [6.45, 7) is 3.70. The molecule has 17 heteroatoms.